The maximum atomic E-state index is 13.4. The zero-order chi connectivity index (χ0) is 24.2. The molecule has 1 aromatic heterocycles. The maximum absolute atomic E-state index is 13.4. The van der Waals surface area contributed by atoms with Crippen LogP contribution in [0, 0.1) is 13.8 Å². The number of nitrogens with one attached hydrogen (secondary N) is 1. The molecule has 0 saturated carbocycles. The number of aromatic nitrogens is 3. The molecule has 8 heteroatoms. The van der Waals surface area contributed by atoms with Crippen molar-refractivity contribution in [2.45, 2.75) is 26.9 Å². The van der Waals surface area contributed by atoms with Crippen molar-refractivity contribution in [3.8, 4) is 5.69 Å². The van der Waals surface area contributed by atoms with Gasteiger partial charge in [0.15, 0.2) is 0 Å². The summed E-state index contributed by atoms with van der Waals surface area (Å²) < 4.78 is 2.11. The van der Waals surface area contributed by atoms with E-state index in [0.717, 1.165) is 25.9 Å². The zero-order valence-electron chi connectivity index (χ0n) is 18.8. The first-order valence-corrected chi connectivity index (χ1v) is 11.1. The molecule has 7 nitrogen and oxygen atoms in total. The van der Waals surface area contributed by atoms with Gasteiger partial charge in [-0.1, -0.05) is 60.1 Å². The molecule has 1 N–H and O–H groups in total. The minimum Gasteiger partial charge on any atom is -0.346 e. The van der Waals surface area contributed by atoms with E-state index in [1.54, 1.807) is 36.4 Å². The number of aryl methyl sites for hydroxylation is 2. The van der Waals surface area contributed by atoms with Crippen molar-refractivity contribution in [3.63, 3.8) is 0 Å². The second-order valence-electron chi connectivity index (χ2n) is 8.08. The van der Waals surface area contributed by atoms with E-state index in [1.807, 2.05) is 50.2 Å². The number of benzene rings is 3. The van der Waals surface area contributed by atoms with E-state index in [-0.39, 0.29) is 18.8 Å². The highest BCUT2D eigenvalue weighted by Gasteiger charge is 2.20. The molecule has 4 aromatic rings. The van der Waals surface area contributed by atoms with E-state index < -0.39 is 17.2 Å². The van der Waals surface area contributed by atoms with Crippen molar-refractivity contribution in [1.29, 1.82) is 0 Å². The highest BCUT2D eigenvalue weighted by atomic mass is 35.5. The molecule has 0 spiro atoms. The molecule has 1 heterocycles. The Morgan fingerprint density at radius 2 is 1.59 bits per heavy atom. The lowest BCUT2D eigenvalue weighted by Gasteiger charge is -2.13. The zero-order valence-corrected chi connectivity index (χ0v) is 19.5. The van der Waals surface area contributed by atoms with E-state index in [2.05, 4.69) is 10.4 Å². The predicted molar refractivity (Wildman–Crippen MR) is 132 cm³/mol. The van der Waals surface area contributed by atoms with Gasteiger partial charge in [0.05, 0.1) is 12.2 Å². The number of nitrogens with zero attached hydrogens (tertiary/aromatic N) is 3. The number of carbonyl (C=O) groups is 1. The first-order chi connectivity index (χ1) is 16.3. The third kappa shape index (κ3) is 5.15. The van der Waals surface area contributed by atoms with Gasteiger partial charge >= 0.3 is 5.69 Å². The predicted octanol–water partition coefficient (Wildman–Crippen LogP) is 3.64. The monoisotopic (exact) mass is 474 g/mol. The number of carbonyl (C=O) groups excluding carboxylic acids is 1. The SMILES string of the molecule is Cc1cc(C)cc(-n2nc(C(=O)NCc3ccccc3)c(=O)n(Cc3cccc(Cl)c3)c2=O)c1. The van der Waals surface area contributed by atoms with Crippen molar-refractivity contribution >= 4 is 17.5 Å². The van der Waals surface area contributed by atoms with E-state index in [9.17, 15) is 14.4 Å². The largest absolute Gasteiger partial charge is 0.352 e. The van der Waals surface area contributed by atoms with E-state index in [0.29, 0.717) is 16.3 Å². The van der Waals surface area contributed by atoms with Gasteiger partial charge in [-0.3, -0.25) is 14.2 Å². The van der Waals surface area contributed by atoms with Crippen LogP contribution in [-0.4, -0.2) is 20.3 Å². The van der Waals surface area contributed by atoms with Crippen LogP contribution in [0.15, 0.2) is 82.4 Å². The lowest BCUT2D eigenvalue weighted by molar-refractivity contribution is 0.0941. The van der Waals surface area contributed by atoms with Gasteiger partial charge in [0.1, 0.15) is 0 Å². The summed E-state index contributed by atoms with van der Waals surface area (Å²) in [6.45, 7) is 3.97. The van der Waals surface area contributed by atoms with Crippen LogP contribution in [0.25, 0.3) is 5.69 Å². The summed E-state index contributed by atoms with van der Waals surface area (Å²) in [5.74, 6) is -0.660. The fourth-order valence-electron chi connectivity index (χ4n) is 3.72. The summed E-state index contributed by atoms with van der Waals surface area (Å²) in [6, 6.07) is 21.7. The molecule has 172 valence electrons. The molecule has 3 aromatic carbocycles. The summed E-state index contributed by atoms with van der Waals surface area (Å²) in [5, 5.41) is 7.40. The normalized spacial score (nSPS) is 10.8. The Labute approximate surface area is 201 Å². The average molecular weight is 475 g/mol. The second kappa shape index (κ2) is 9.89. The Kier molecular flexibility index (Phi) is 6.75. The Morgan fingerprint density at radius 3 is 2.26 bits per heavy atom. The maximum Gasteiger partial charge on any atom is 0.352 e. The van der Waals surface area contributed by atoms with Gasteiger partial charge in [-0.15, -0.1) is 0 Å². The molecule has 1 amide bonds. The average Bonchev–Trinajstić information content (AvgIpc) is 2.80. The van der Waals surface area contributed by atoms with Gasteiger partial charge in [-0.2, -0.15) is 9.78 Å². The number of hydrogen-bond donors (Lipinski definition) is 1. The van der Waals surface area contributed by atoms with Gasteiger partial charge in [-0.05, 0) is 60.4 Å². The van der Waals surface area contributed by atoms with E-state index >= 15 is 0 Å². The highest BCUT2D eigenvalue weighted by molar-refractivity contribution is 6.30. The number of hydrogen-bond acceptors (Lipinski definition) is 4. The lowest BCUT2D eigenvalue weighted by atomic mass is 10.1. The standard InChI is InChI=1S/C26H23ClN4O3/c1-17-11-18(2)13-22(12-17)31-26(34)30(16-20-9-6-10-21(27)14-20)25(33)23(29-31)24(32)28-15-19-7-4-3-5-8-19/h3-14H,15-16H2,1-2H3,(H,28,32). The first-order valence-electron chi connectivity index (χ1n) is 10.7. The fraction of sp³-hybridized carbons (Fsp3) is 0.154. The molecular formula is C26H23ClN4O3. The summed E-state index contributed by atoms with van der Waals surface area (Å²) in [4.78, 5) is 39.6. The van der Waals surface area contributed by atoms with Crippen molar-refractivity contribution in [3.05, 3.63) is 127 Å². The van der Waals surface area contributed by atoms with Crippen LogP contribution in [-0.2, 0) is 13.1 Å². The molecule has 0 saturated heterocycles. The van der Waals surface area contributed by atoms with Crippen LogP contribution in [0.3, 0.4) is 0 Å². The number of amides is 1. The Morgan fingerprint density at radius 1 is 0.912 bits per heavy atom. The van der Waals surface area contributed by atoms with Crippen LogP contribution in [0.1, 0.15) is 32.7 Å². The van der Waals surface area contributed by atoms with Gasteiger partial charge in [0, 0.05) is 11.6 Å². The van der Waals surface area contributed by atoms with Gasteiger partial charge < -0.3 is 5.32 Å². The molecule has 4 rings (SSSR count). The number of halogens is 1. The first kappa shape index (κ1) is 23.2. The third-order valence-corrected chi connectivity index (χ3v) is 5.49. The van der Waals surface area contributed by atoms with Crippen molar-refractivity contribution in [2.75, 3.05) is 0 Å². The summed E-state index contributed by atoms with van der Waals surface area (Å²) >= 11 is 6.09. The highest BCUT2D eigenvalue weighted by Crippen LogP contribution is 2.13. The Bertz CT molecular complexity index is 1460. The van der Waals surface area contributed by atoms with Crippen molar-refractivity contribution in [2.24, 2.45) is 0 Å². The molecule has 0 unspecified atom stereocenters. The molecule has 0 aliphatic rings. The Balaban J connectivity index is 1.82. The summed E-state index contributed by atoms with van der Waals surface area (Å²) in [6.07, 6.45) is 0. The van der Waals surface area contributed by atoms with Crippen LogP contribution in [0.2, 0.25) is 5.02 Å². The number of rotatable bonds is 6. The van der Waals surface area contributed by atoms with Crippen LogP contribution >= 0.6 is 11.6 Å². The summed E-state index contributed by atoms with van der Waals surface area (Å²) in [7, 11) is 0. The quantitative estimate of drug-likeness (QED) is 0.462. The van der Waals surface area contributed by atoms with Crippen LogP contribution in [0.5, 0.6) is 0 Å². The minimum atomic E-state index is -0.767. The van der Waals surface area contributed by atoms with Gasteiger partial charge in [0.2, 0.25) is 5.69 Å². The van der Waals surface area contributed by atoms with Crippen molar-refractivity contribution < 1.29 is 4.79 Å². The van der Waals surface area contributed by atoms with E-state index in [4.69, 9.17) is 11.6 Å². The molecule has 0 fully saturated rings. The molecule has 0 bridgehead atoms. The van der Waals surface area contributed by atoms with Gasteiger partial charge in [-0.25, -0.2) is 4.79 Å². The molecule has 0 aliphatic carbocycles. The van der Waals surface area contributed by atoms with Crippen LogP contribution < -0.4 is 16.6 Å². The van der Waals surface area contributed by atoms with E-state index in [1.165, 1.54) is 0 Å². The molecule has 34 heavy (non-hydrogen) atoms. The third-order valence-electron chi connectivity index (χ3n) is 5.25. The fourth-order valence-corrected chi connectivity index (χ4v) is 3.93. The Hall–Kier alpha value is -3.97. The van der Waals surface area contributed by atoms with Crippen molar-refractivity contribution in [1.82, 2.24) is 19.7 Å². The topological polar surface area (TPSA) is 86.0 Å². The molecule has 0 radical (unpaired) electrons. The summed E-state index contributed by atoms with van der Waals surface area (Å²) in [5.41, 5.74) is 2.07. The smallest absolute Gasteiger partial charge is 0.346 e. The molecule has 0 aliphatic heterocycles. The van der Waals surface area contributed by atoms with Crippen LogP contribution in [0.4, 0.5) is 0 Å². The lowest BCUT2D eigenvalue weighted by Crippen LogP contribution is -2.46. The molecule has 0 atom stereocenters. The minimum absolute atomic E-state index is 0.0511. The van der Waals surface area contributed by atoms with Gasteiger partial charge in [0.25, 0.3) is 11.5 Å². The molecular weight excluding hydrogens is 452 g/mol. The second-order valence-corrected chi connectivity index (χ2v) is 8.51.